The zero-order valence-corrected chi connectivity index (χ0v) is 21.0. The third kappa shape index (κ3) is 7.54. The minimum atomic E-state index is -4.48. The quantitative estimate of drug-likeness (QED) is 0.323. The molecule has 0 unspecified atom stereocenters. The van der Waals surface area contributed by atoms with Gasteiger partial charge in [-0.05, 0) is 53.6 Å². The van der Waals surface area contributed by atoms with Crippen molar-refractivity contribution in [1.82, 2.24) is 0 Å². The van der Waals surface area contributed by atoms with Crippen LogP contribution in [0.1, 0.15) is 76.3 Å². The Morgan fingerprint density at radius 3 is 1.93 bits per heavy atom. The third-order valence-electron chi connectivity index (χ3n) is 5.06. The maximum Gasteiger partial charge on any atom is 1.00 e. The largest absolute Gasteiger partial charge is 1.00 e. The molecule has 5 heteroatoms. The number of hydrogen-bond acceptors (Lipinski definition) is 3. The summed E-state index contributed by atoms with van der Waals surface area (Å²) >= 11 is 0. The molecule has 0 N–H and O–H groups in total. The summed E-state index contributed by atoms with van der Waals surface area (Å²) in [6.45, 7) is 4.34. The molecule has 27 heavy (non-hydrogen) atoms. The van der Waals surface area contributed by atoms with Gasteiger partial charge in [0.1, 0.15) is 10.1 Å². The molecule has 0 saturated heterocycles. The summed E-state index contributed by atoms with van der Waals surface area (Å²) < 4.78 is 35.9. The van der Waals surface area contributed by atoms with E-state index in [1.165, 1.54) is 12.8 Å². The molecule has 0 aromatic heterocycles. The normalized spacial score (nSPS) is 11.5. The predicted molar refractivity (Wildman–Crippen MR) is 108 cm³/mol. The number of aryl methyl sites for hydroxylation is 1. The molecular formula is C22H31KO3S. The van der Waals surface area contributed by atoms with Crippen molar-refractivity contribution in [3.63, 3.8) is 0 Å². The van der Waals surface area contributed by atoms with E-state index in [9.17, 15) is 13.0 Å². The van der Waals surface area contributed by atoms with Gasteiger partial charge in [-0.2, -0.15) is 0 Å². The second-order valence-corrected chi connectivity index (χ2v) is 8.48. The van der Waals surface area contributed by atoms with Crippen LogP contribution in [-0.2, 0) is 23.0 Å². The Balaban J connectivity index is 0.00000364. The molecule has 0 amide bonds. The van der Waals surface area contributed by atoms with Crippen molar-refractivity contribution in [2.45, 2.75) is 83.0 Å². The van der Waals surface area contributed by atoms with Crippen molar-refractivity contribution in [2.24, 2.45) is 0 Å². The zero-order valence-electron chi connectivity index (χ0n) is 17.1. The average Bonchev–Trinajstić information content (AvgIpc) is 2.61. The molecule has 0 radical (unpaired) electrons. The van der Waals surface area contributed by atoms with E-state index >= 15 is 0 Å². The first-order valence-electron chi connectivity index (χ1n) is 9.98. The topological polar surface area (TPSA) is 57.2 Å². The van der Waals surface area contributed by atoms with Crippen LogP contribution in [0.4, 0.5) is 0 Å². The summed E-state index contributed by atoms with van der Waals surface area (Å²) in [4.78, 5) is -0.00168. The molecule has 0 heterocycles. The van der Waals surface area contributed by atoms with Crippen LogP contribution in [-0.4, -0.2) is 13.0 Å². The summed E-state index contributed by atoms with van der Waals surface area (Å²) in [5.74, 6) is 0. The molecule has 2 aromatic carbocycles. The van der Waals surface area contributed by atoms with Gasteiger partial charge in [-0.25, -0.2) is 8.42 Å². The van der Waals surface area contributed by atoms with E-state index in [4.69, 9.17) is 0 Å². The van der Waals surface area contributed by atoms with E-state index in [0.717, 1.165) is 66.8 Å². The van der Waals surface area contributed by atoms with Gasteiger partial charge < -0.3 is 4.55 Å². The van der Waals surface area contributed by atoms with Crippen LogP contribution in [0.5, 0.6) is 0 Å². The molecule has 0 atom stereocenters. The molecular weight excluding hydrogens is 383 g/mol. The first-order valence-corrected chi connectivity index (χ1v) is 11.4. The van der Waals surface area contributed by atoms with Crippen LogP contribution in [0.25, 0.3) is 10.8 Å². The van der Waals surface area contributed by atoms with E-state index in [2.05, 4.69) is 19.9 Å². The van der Waals surface area contributed by atoms with Crippen LogP contribution >= 0.6 is 0 Å². The number of hydrogen-bond donors (Lipinski definition) is 0. The molecule has 0 saturated carbocycles. The molecule has 3 nitrogen and oxygen atoms in total. The van der Waals surface area contributed by atoms with Crippen molar-refractivity contribution in [1.29, 1.82) is 0 Å². The molecule has 0 fully saturated rings. The van der Waals surface area contributed by atoms with Crippen molar-refractivity contribution < 1.29 is 64.4 Å². The Labute approximate surface area is 207 Å². The van der Waals surface area contributed by atoms with E-state index < -0.39 is 10.1 Å². The van der Waals surface area contributed by atoms with Gasteiger partial charge in [-0.3, -0.25) is 0 Å². The van der Waals surface area contributed by atoms with Gasteiger partial charge in [-0.15, -0.1) is 0 Å². The monoisotopic (exact) mass is 414 g/mol. The molecule has 0 aliphatic rings. The predicted octanol–water partition coefficient (Wildman–Crippen LogP) is 2.99. The average molecular weight is 415 g/mol. The van der Waals surface area contributed by atoms with Crippen molar-refractivity contribution in [3.8, 4) is 0 Å². The molecule has 0 spiro atoms. The van der Waals surface area contributed by atoms with Crippen LogP contribution < -0.4 is 51.4 Å². The second-order valence-electron chi connectivity index (χ2n) is 7.13. The Hall–Kier alpha value is 0.246. The molecule has 2 rings (SSSR count). The standard InChI is InChI=1S/C22H32O3S.K/c1-3-5-7-9-15-20-19-14-12-11-13-18(19)17-22(26(23,24)25)21(20)16-10-8-6-4-2;/h11-14,17H,3-10,15-16H2,1-2H3,(H,23,24,25);/q;+1/p-1. The number of fused-ring (bicyclic) bond motifs is 1. The van der Waals surface area contributed by atoms with Crippen molar-refractivity contribution in [3.05, 3.63) is 41.5 Å². The Morgan fingerprint density at radius 1 is 0.815 bits per heavy atom. The number of rotatable bonds is 11. The third-order valence-corrected chi connectivity index (χ3v) is 5.97. The minimum Gasteiger partial charge on any atom is -0.744 e. The summed E-state index contributed by atoms with van der Waals surface area (Å²) in [7, 11) is -4.48. The summed E-state index contributed by atoms with van der Waals surface area (Å²) in [5, 5.41) is 1.95. The molecule has 144 valence electrons. The molecule has 0 bridgehead atoms. The smallest absolute Gasteiger partial charge is 0.744 e. The molecule has 0 aliphatic heterocycles. The molecule has 2 aromatic rings. The Bertz CT molecular complexity index is 816. The number of benzene rings is 2. The second kappa shape index (κ2) is 12.7. The summed E-state index contributed by atoms with van der Waals surface area (Å²) in [6, 6.07) is 9.43. The van der Waals surface area contributed by atoms with E-state index in [-0.39, 0.29) is 56.3 Å². The molecule has 0 aliphatic carbocycles. The SMILES string of the molecule is CCCCCCc1c(S(=O)(=O)[O-])cc2ccccc2c1CCCCCC.[K+]. The zero-order chi connectivity index (χ0) is 19.0. The fourth-order valence-corrected chi connectivity index (χ4v) is 4.48. The van der Waals surface area contributed by atoms with Gasteiger partial charge in [0.05, 0.1) is 4.90 Å². The Kier molecular flexibility index (Phi) is 11.9. The fourth-order valence-electron chi connectivity index (χ4n) is 3.68. The summed E-state index contributed by atoms with van der Waals surface area (Å²) in [5.41, 5.74) is 1.84. The van der Waals surface area contributed by atoms with Gasteiger partial charge in [0, 0.05) is 0 Å². The van der Waals surface area contributed by atoms with Gasteiger partial charge >= 0.3 is 51.4 Å². The van der Waals surface area contributed by atoms with Crippen molar-refractivity contribution >= 4 is 20.9 Å². The maximum absolute atomic E-state index is 12.0. The van der Waals surface area contributed by atoms with Gasteiger partial charge in [0.15, 0.2) is 0 Å². The van der Waals surface area contributed by atoms with E-state index in [0.29, 0.717) is 6.42 Å². The van der Waals surface area contributed by atoms with Gasteiger partial charge in [-0.1, -0.05) is 76.6 Å². The van der Waals surface area contributed by atoms with E-state index in [1.807, 2.05) is 18.2 Å². The Morgan fingerprint density at radius 2 is 1.37 bits per heavy atom. The van der Waals surface area contributed by atoms with Gasteiger partial charge in [0.2, 0.25) is 0 Å². The maximum atomic E-state index is 12.0. The van der Waals surface area contributed by atoms with Gasteiger partial charge in [0.25, 0.3) is 0 Å². The number of unbranched alkanes of at least 4 members (excludes halogenated alkanes) is 6. The van der Waals surface area contributed by atoms with Crippen LogP contribution in [0.2, 0.25) is 0 Å². The van der Waals surface area contributed by atoms with Crippen molar-refractivity contribution in [2.75, 3.05) is 0 Å². The fraction of sp³-hybridized carbons (Fsp3) is 0.545. The first kappa shape index (κ1) is 25.3. The minimum absolute atomic E-state index is 0. The first-order chi connectivity index (χ1) is 12.5. The van der Waals surface area contributed by atoms with E-state index in [1.54, 1.807) is 6.07 Å². The van der Waals surface area contributed by atoms with Crippen LogP contribution in [0.3, 0.4) is 0 Å². The van der Waals surface area contributed by atoms with Crippen LogP contribution in [0.15, 0.2) is 35.2 Å². The summed E-state index contributed by atoms with van der Waals surface area (Å²) in [6.07, 6.45) is 10.3. The van der Waals surface area contributed by atoms with Crippen LogP contribution in [0, 0.1) is 0 Å².